The quantitative estimate of drug-likeness (QED) is 0.420. The number of nitrogens with one attached hydrogen (secondary N) is 1. The maximum Gasteiger partial charge on any atom is 0.329 e. The monoisotopic (exact) mass is 366 g/mol. The number of hydrogen-bond acceptors (Lipinski definition) is 7. The van der Waals surface area contributed by atoms with Crippen LogP contribution in [0.15, 0.2) is 24.3 Å². The van der Waals surface area contributed by atoms with E-state index in [1.54, 1.807) is 13.8 Å². The minimum absolute atomic E-state index is 0.133. The number of non-ortho nitro benzene ring substituents is 1. The lowest BCUT2D eigenvalue weighted by atomic mass is 9.88. The zero-order valence-corrected chi connectivity index (χ0v) is 15.1. The lowest BCUT2D eigenvalue weighted by Crippen LogP contribution is -2.47. The molecule has 0 unspecified atom stereocenters. The van der Waals surface area contributed by atoms with Gasteiger partial charge in [-0.3, -0.25) is 19.7 Å². The van der Waals surface area contributed by atoms with Crippen LogP contribution in [0, 0.1) is 16.0 Å². The highest BCUT2D eigenvalue weighted by Crippen LogP contribution is 2.27. The predicted octanol–water partition coefficient (Wildman–Crippen LogP) is 1.56. The molecule has 0 aliphatic rings. The second kappa shape index (κ2) is 9.50. The van der Waals surface area contributed by atoms with Crippen LogP contribution in [0.3, 0.4) is 0 Å². The standard InChI is InChI=1S/C17H22N2O7/c1-10(2)16(21)18-15(17(22)26-4)13(9-14(20)25-3)11-5-7-12(8-6-11)19(23)24/h5-8,10,13,15H,9H2,1-4H3,(H,18,21)/t13-,15+/m1/s1. The van der Waals surface area contributed by atoms with Crippen molar-refractivity contribution >= 4 is 23.5 Å². The van der Waals surface area contributed by atoms with Gasteiger partial charge in [-0.2, -0.15) is 0 Å². The summed E-state index contributed by atoms with van der Waals surface area (Å²) >= 11 is 0. The third-order valence-electron chi connectivity index (χ3n) is 3.83. The van der Waals surface area contributed by atoms with E-state index in [0.29, 0.717) is 5.56 Å². The number of nitro benzene ring substituents is 1. The van der Waals surface area contributed by atoms with Crippen LogP contribution in [0.2, 0.25) is 0 Å². The van der Waals surface area contributed by atoms with Crippen molar-refractivity contribution in [3.05, 3.63) is 39.9 Å². The Hall–Kier alpha value is -2.97. The Morgan fingerprint density at radius 1 is 1.12 bits per heavy atom. The molecule has 0 heterocycles. The van der Waals surface area contributed by atoms with E-state index >= 15 is 0 Å². The van der Waals surface area contributed by atoms with Gasteiger partial charge in [-0.15, -0.1) is 0 Å². The summed E-state index contributed by atoms with van der Waals surface area (Å²) in [6.07, 6.45) is -0.216. The molecular weight excluding hydrogens is 344 g/mol. The summed E-state index contributed by atoms with van der Waals surface area (Å²) in [5.74, 6) is -2.92. The van der Waals surface area contributed by atoms with Gasteiger partial charge in [0.1, 0.15) is 6.04 Å². The van der Waals surface area contributed by atoms with E-state index in [9.17, 15) is 24.5 Å². The van der Waals surface area contributed by atoms with Crippen LogP contribution in [-0.2, 0) is 23.9 Å². The van der Waals surface area contributed by atoms with Gasteiger partial charge in [0.15, 0.2) is 0 Å². The number of esters is 2. The third kappa shape index (κ3) is 5.54. The molecule has 26 heavy (non-hydrogen) atoms. The first kappa shape index (κ1) is 21.1. The Labute approximate surface area is 150 Å². The van der Waals surface area contributed by atoms with Gasteiger partial charge in [0.25, 0.3) is 5.69 Å². The highest BCUT2D eigenvalue weighted by molar-refractivity contribution is 5.87. The lowest BCUT2D eigenvalue weighted by molar-refractivity contribution is -0.384. The highest BCUT2D eigenvalue weighted by atomic mass is 16.6. The molecular formula is C17H22N2O7. The van der Waals surface area contributed by atoms with E-state index in [1.807, 2.05) is 0 Å². The Morgan fingerprint density at radius 2 is 1.69 bits per heavy atom. The summed E-state index contributed by atoms with van der Waals surface area (Å²) in [7, 11) is 2.37. The van der Waals surface area contributed by atoms with Crippen LogP contribution in [0.5, 0.6) is 0 Å². The van der Waals surface area contributed by atoms with Crippen molar-refractivity contribution in [2.45, 2.75) is 32.2 Å². The largest absolute Gasteiger partial charge is 0.469 e. The smallest absolute Gasteiger partial charge is 0.329 e. The molecule has 0 saturated carbocycles. The van der Waals surface area contributed by atoms with Crippen LogP contribution in [-0.4, -0.2) is 43.0 Å². The Balaban J connectivity index is 3.29. The molecule has 0 fully saturated rings. The molecule has 142 valence electrons. The number of hydrogen-bond donors (Lipinski definition) is 1. The van der Waals surface area contributed by atoms with Crippen LogP contribution in [0.25, 0.3) is 0 Å². The second-order valence-electron chi connectivity index (χ2n) is 5.90. The van der Waals surface area contributed by atoms with Crippen LogP contribution >= 0.6 is 0 Å². The molecule has 9 nitrogen and oxygen atoms in total. The fourth-order valence-electron chi connectivity index (χ4n) is 2.30. The number of nitrogens with zero attached hydrogens (tertiary/aromatic N) is 1. The number of methoxy groups -OCH3 is 2. The van der Waals surface area contributed by atoms with Crippen molar-refractivity contribution in [2.75, 3.05) is 14.2 Å². The average molecular weight is 366 g/mol. The lowest BCUT2D eigenvalue weighted by Gasteiger charge is -2.26. The van der Waals surface area contributed by atoms with Gasteiger partial charge in [0.05, 0.1) is 25.6 Å². The summed E-state index contributed by atoms with van der Waals surface area (Å²) in [6.45, 7) is 3.32. The minimum atomic E-state index is -1.14. The number of amides is 1. The van der Waals surface area contributed by atoms with Crippen molar-refractivity contribution in [3.63, 3.8) is 0 Å². The number of benzene rings is 1. The second-order valence-corrected chi connectivity index (χ2v) is 5.90. The summed E-state index contributed by atoms with van der Waals surface area (Å²) < 4.78 is 9.43. The molecule has 0 radical (unpaired) electrons. The van der Waals surface area contributed by atoms with Crippen LogP contribution < -0.4 is 5.32 Å². The summed E-state index contributed by atoms with van der Waals surface area (Å²) in [4.78, 5) is 46.4. The topological polar surface area (TPSA) is 125 Å². The highest BCUT2D eigenvalue weighted by Gasteiger charge is 2.34. The van der Waals surface area contributed by atoms with Crippen LogP contribution in [0.4, 0.5) is 5.69 Å². The molecule has 0 bridgehead atoms. The molecule has 1 aromatic rings. The Bertz CT molecular complexity index is 670. The van der Waals surface area contributed by atoms with Crippen molar-refractivity contribution < 1.29 is 28.8 Å². The van der Waals surface area contributed by atoms with Crippen molar-refractivity contribution in [1.29, 1.82) is 0 Å². The first-order chi connectivity index (χ1) is 12.2. The Morgan fingerprint density at radius 3 is 2.12 bits per heavy atom. The molecule has 1 rings (SSSR count). The number of nitro groups is 1. The summed E-state index contributed by atoms with van der Waals surface area (Å²) in [6, 6.07) is 4.25. The van der Waals surface area contributed by atoms with Crippen molar-refractivity contribution in [1.82, 2.24) is 5.32 Å². The van der Waals surface area contributed by atoms with Crippen molar-refractivity contribution in [3.8, 4) is 0 Å². The van der Waals surface area contributed by atoms with Gasteiger partial charge in [0.2, 0.25) is 5.91 Å². The predicted molar refractivity (Wildman–Crippen MR) is 91.3 cm³/mol. The molecule has 0 spiro atoms. The molecule has 0 aliphatic heterocycles. The molecule has 0 saturated heterocycles. The van der Waals surface area contributed by atoms with Gasteiger partial charge in [0, 0.05) is 24.0 Å². The van der Waals surface area contributed by atoms with E-state index in [-0.39, 0.29) is 12.1 Å². The van der Waals surface area contributed by atoms with E-state index in [4.69, 9.17) is 4.74 Å². The Kier molecular flexibility index (Phi) is 7.70. The number of carbonyl (C=O) groups is 3. The van der Waals surface area contributed by atoms with Gasteiger partial charge in [-0.1, -0.05) is 26.0 Å². The summed E-state index contributed by atoms with van der Waals surface area (Å²) in [5, 5.41) is 13.4. The summed E-state index contributed by atoms with van der Waals surface area (Å²) in [5.41, 5.74) is 0.326. The molecule has 9 heteroatoms. The fourth-order valence-corrected chi connectivity index (χ4v) is 2.30. The van der Waals surface area contributed by atoms with E-state index in [0.717, 1.165) is 0 Å². The first-order valence-corrected chi connectivity index (χ1v) is 7.90. The zero-order valence-electron chi connectivity index (χ0n) is 15.1. The van der Waals surface area contributed by atoms with Crippen molar-refractivity contribution in [2.24, 2.45) is 5.92 Å². The number of rotatable bonds is 8. The van der Waals surface area contributed by atoms with E-state index in [1.165, 1.54) is 38.5 Å². The molecule has 0 aliphatic carbocycles. The number of ether oxygens (including phenoxy) is 2. The van der Waals surface area contributed by atoms with Crippen LogP contribution in [0.1, 0.15) is 31.7 Å². The third-order valence-corrected chi connectivity index (χ3v) is 3.83. The maximum atomic E-state index is 12.2. The van der Waals surface area contributed by atoms with E-state index < -0.39 is 40.6 Å². The molecule has 1 N–H and O–H groups in total. The molecule has 1 amide bonds. The minimum Gasteiger partial charge on any atom is -0.469 e. The average Bonchev–Trinajstić information content (AvgIpc) is 2.63. The molecule has 1 aromatic carbocycles. The maximum absolute atomic E-state index is 12.2. The molecule has 2 atom stereocenters. The van der Waals surface area contributed by atoms with Gasteiger partial charge in [-0.25, -0.2) is 4.79 Å². The van der Waals surface area contributed by atoms with Gasteiger partial charge in [-0.05, 0) is 5.56 Å². The zero-order chi connectivity index (χ0) is 19.9. The number of carbonyl (C=O) groups excluding carboxylic acids is 3. The fraction of sp³-hybridized carbons (Fsp3) is 0.471. The SMILES string of the molecule is COC(=O)C[C@H](c1ccc([N+](=O)[O-])cc1)[C@H](NC(=O)C(C)C)C(=O)OC. The normalized spacial score (nSPS) is 12.8. The van der Waals surface area contributed by atoms with Gasteiger partial charge >= 0.3 is 11.9 Å². The van der Waals surface area contributed by atoms with Gasteiger partial charge < -0.3 is 14.8 Å². The van der Waals surface area contributed by atoms with E-state index in [2.05, 4.69) is 10.1 Å². The first-order valence-electron chi connectivity index (χ1n) is 7.90. The molecule has 0 aromatic heterocycles.